The Balaban J connectivity index is 2.66. The molecule has 0 spiro atoms. The van der Waals surface area contributed by atoms with Crippen molar-refractivity contribution in [2.75, 3.05) is 0 Å². The van der Waals surface area contributed by atoms with Crippen LogP contribution < -0.4 is 0 Å². The van der Waals surface area contributed by atoms with Crippen molar-refractivity contribution in [1.82, 2.24) is 0 Å². The van der Waals surface area contributed by atoms with E-state index in [2.05, 4.69) is 4.99 Å². The molecule has 0 amide bonds. The van der Waals surface area contributed by atoms with Gasteiger partial charge in [0.1, 0.15) is 0 Å². The molecule has 0 aromatic heterocycles. The highest BCUT2D eigenvalue weighted by Gasteiger charge is 1.95. The molecule has 1 aromatic carbocycles. The van der Waals surface area contributed by atoms with E-state index >= 15 is 0 Å². The van der Waals surface area contributed by atoms with Crippen LogP contribution >= 0.6 is 0 Å². The second-order valence-corrected chi connectivity index (χ2v) is 2.77. The summed E-state index contributed by atoms with van der Waals surface area (Å²) in [5.74, 6) is -0.926. The van der Waals surface area contributed by atoms with Gasteiger partial charge in [0.25, 0.3) is 0 Å². The molecule has 14 heavy (non-hydrogen) atoms. The zero-order chi connectivity index (χ0) is 10.4. The topological polar surface area (TPSA) is 49.7 Å². The molecule has 1 rings (SSSR count). The number of rotatable bonds is 3. The number of hydrogen-bond donors (Lipinski definition) is 1. The average molecular weight is 189 g/mol. The number of benzene rings is 1. The van der Waals surface area contributed by atoms with Gasteiger partial charge in [0, 0.05) is 11.8 Å². The van der Waals surface area contributed by atoms with Crippen molar-refractivity contribution in [1.29, 1.82) is 0 Å². The van der Waals surface area contributed by atoms with Gasteiger partial charge in [-0.25, -0.2) is 4.79 Å². The first-order valence-corrected chi connectivity index (χ1v) is 4.19. The van der Waals surface area contributed by atoms with Crippen molar-refractivity contribution in [2.24, 2.45) is 4.99 Å². The number of carboxylic acid groups (broad SMARTS) is 1. The Morgan fingerprint density at radius 1 is 1.36 bits per heavy atom. The molecule has 0 radical (unpaired) electrons. The highest BCUT2D eigenvalue weighted by molar-refractivity contribution is 5.91. The Morgan fingerprint density at radius 2 is 2.00 bits per heavy atom. The minimum absolute atomic E-state index is 0.268. The number of para-hydroxylation sites is 1. The third-order valence-electron chi connectivity index (χ3n) is 1.64. The highest BCUT2D eigenvalue weighted by Crippen LogP contribution is 2.08. The van der Waals surface area contributed by atoms with Crippen LogP contribution in [0.25, 0.3) is 0 Å². The predicted octanol–water partition coefficient (Wildman–Crippen LogP) is 2.42. The molecule has 0 atom stereocenters. The molecule has 0 aliphatic heterocycles. The molecule has 3 nitrogen and oxygen atoms in total. The van der Waals surface area contributed by atoms with E-state index in [4.69, 9.17) is 5.11 Å². The zero-order valence-electron chi connectivity index (χ0n) is 7.84. The first-order chi connectivity index (χ1) is 6.70. The standard InChI is InChI=1S/C11H11NO2/c1-9(11(13)14)7-8-12-10-5-3-2-4-6-10/h2-8H,1H3,(H,13,14)/b9-7+,12-8?. The van der Waals surface area contributed by atoms with E-state index in [0.29, 0.717) is 0 Å². The van der Waals surface area contributed by atoms with E-state index < -0.39 is 5.97 Å². The SMILES string of the molecule is C/C(=C\C=Nc1ccccc1)C(=O)O. The number of carbonyl (C=O) groups is 1. The first kappa shape index (κ1) is 10.2. The molecule has 0 bridgehead atoms. The third-order valence-corrected chi connectivity index (χ3v) is 1.64. The molecule has 3 heteroatoms. The van der Waals surface area contributed by atoms with Gasteiger partial charge in [0.15, 0.2) is 0 Å². The van der Waals surface area contributed by atoms with Gasteiger partial charge in [-0.1, -0.05) is 18.2 Å². The van der Waals surface area contributed by atoms with Crippen LogP contribution in [0, 0.1) is 0 Å². The van der Waals surface area contributed by atoms with Gasteiger partial charge in [-0.05, 0) is 25.1 Å². The minimum atomic E-state index is -0.926. The molecule has 0 aliphatic rings. The Hall–Kier alpha value is -1.90. The van der Waals surface area contributed by atoms with Crippen LogP contribution in [0.5, 0.6) is 0 Å². The van der Waals surface area contributed by atoms with E-state index in [0.717, 1.165) is 5.69 Å². The lowest BCUT2D eigenvalue weighted by Gasteiger charge is -1.90. The molecule has 72 valence electrons. The fourth-order valence-electron chi connectivity index (χ4n) is 0.820. The van der Waals surface area contributed by atoms with Crippen LogP contribution in [-0.4, -0.2) is 17.3 Å². The van der Waals surface area contributed by atoms with Crippen molar-refractivity contribution < 1.29 is 9.90 Å². The molecular weight excluding hydrogens is 178 g/mol. The fraction of sp³-hybridized carbons (Fsp3) is 0.0909. The summed E-state index contributed by atoms with van der Waals surface area (Å²) in [5, 5.41) is 8.55. The van der Waals surface area contributed by atoms with E-state index in [1.165, 1.54) is 19.2 Å². The molecule has 0 heterocycles. The Kier molecular flexibility index (Phi) is 3.61. The molecule has 0 unspecified atom stereocenters. The second-order valence-electron chi connectivity index (χ2n) is 2.77. The lowest BCUT2D eigenvalue weighted by molar-refractivity contribution is -0.132. The quantitative estimate of drug-likeness (QED) is 0.586. The summed E-state index contributed by atoms with van der Waals surface area (Å²) < 4.78 is 0. The average Bonchev–Trinajstić information content (AvgIpc) is 2.19. The van der Waals surface area contributed by atoms with Gasteiger partial charge in [0.05, 0.1) is 5.69 Å². The monoisotopic (exact) mass is 189 g/mol. The summed E-state index contributed by atoms with van der Waals surface area (Å²) in [6, 6.07) is 9.35. The summed E-state index contributed by atoms with van der Waals surface area (Å²) in [5.41, 5.74) is 1.08. The summed E-state index contributed by atoms with van der Waals surface area (Å²) >= 11 is 0. The van der Waals surface area contributed by atoms with E-state index in [1.807, 2.05) is 30.3 Å². The van der Waals surface area contributed by atoms with E-state index in [1.54, 1.807) is 0 Å². The minimum Gasteiger partial charge on any atom is -0.478 e. The van der Waals surface area contributed by atoms with Crippen molar-refractivity contribution >= 4 is 17.9 Å². The van der Waals surface area contributed by atoms with Crippen molar-refractivity contribution in [3.05, 3.63) is 42.0 Å². The number of hydrogen-bond acceptors (Lipinski definition) is 2. The molecule has 1 aromatic rings. The zero-order valence-corrected chi connectivity index (χ0v) is 7.84. The second kappa shape index (κ2) is 4.97. The van der Waals surface area contributed by atoms with Crippen molar-refractivity contribution in [2.45, 2.75) is 6.92 Å². The largest absolute Gasteiger partial charge is 0.478 e. The van der Waals surface area contributed by atoms with Crippen LogP contribution in [0.1, 0.15) is 6.92 Å². The van der Waals surface area contributed by atoms with Crippen LogP contribution in [0.3, 0.4) is 0 Å². The normalized spacial score (nSPS) is 11.9. The summed E-state index contributed by atoms with van der Waals surface area (Å²) in [6.07, 6.45) is 2.95. The number of allylic oxidation sites excluding steroid dienone is 1. The fourth-order valence-corrected chi connectivity index (χ4v) is 0.820. The maximum absolute atomic E-state index is 10.4. The third kappa shape index (κ3) is 3.23. The number of carboxylic acids is 1. The van der Waals surface area contributed by atoms with E-state index in [-0.39, 0.29) is 5.57 Å². The number of aliphatic carboxylic acids is 1. The highest BCUT2D eigenvalue weighted by atomic mass is 16.4. The summed E-state index contributed by atoms with van der Waals surface area (Å²) in [4.78, 5) is 14.5. The van der Waals surface area contributed by atoms with Gasteiger partial charge in [-0.2, -0.15) is 0 Å². The van der Waals surface area contributed by atoms with Crippen LogP contribution in [0.15, 0.2) is 47.0 Å². The Labute approximate surface area is 82.4 Å². The number of nitrogens with zero attached hydrogens (tertiary/aromatic N) is 1. The summed E-state index contributed by atoms with van der Waals surface area (Å²) in [7, 11) is 0. The molecule has 0 saturated carbocycles. The van der Waals surface area contributed by atoms with Crippen molar-refractivity contribution in [3.8, 4) is 0 Å². The van der Waals surface area contributed by atoms with Crippen LogP contribution in [0.4, 0.5) is 5.69 Å². The lowest BCUT2D eigenvalue weighted by Crippen LogP contribution is -1.95. The molecule has 1 N–H and O–H groups in total. The molecular formula is C11H11NO2. The van der Waals surface area contributed by atoms with Gasteiger partial charge < -0.3 is 5.11 Å². The Bertz CT molecular complexity index is 366. The first-order valence-electron chi connectivity index (χ1n) is 4.19. The number of aliphatic imine (C=N–C) groups is 1. The van der Waals surface area contributed by atoms with Gasteiger partial charge in [-0.3, -0.25) is 4.99 Å². The predicted molar refractivity (Wildman–Crippen MR) is 56.0 cm³/mol. The maximum atomic E-state index is 10.4. The molecule has 0 aliphatic carbocycles. The molecule has 0 fully saturated rings. The summed E-state index contributed by atoms with van der Waals surface area (Å²) in [6.45, 7) is 1.53. The van der Waals surface area contributed by atoms with Gasteiger partial charge in [0.2, 0.25) is 0 Å². The van der Waals surface area contributed by atoms with E-state index in [9.17, 15) is 4.79 Å². The maximum Gasteiger partial charge on any atom is 0.331 e. The van der Waals surface area contributed by atoms with Gasteiger partial charge in [-0.15, -0.1) is 0 Å². The Morgan fingerprint density at radius 3 is 2.57 bits per heavy atom. The van der Waals surface area contributed by atoms with Crippen molar-refractivity contribution in [3.63, 3.8) is 0 Å². The smallest absolute Gasteiger partial charge is 0.331 e. The van der Waals surface area contributed by atoms with Crippen LogP contribution in [-0.2, 0) is 4.79 Å². The lowest BCUT2D eigenvalue weighted by atomic mass is 10.3. The van der Waals surface area contributed by atoms with Gasteiger partial charge >= 0.3 is 5.97 Å². The molecule has 0 saturated heterocycles. The van der Waals surface area contributed by atoms with Crippen LogP contribution in [0.2, 0.25) is 0 Å².